The van der Waals surface area contributed by atoms with Crippen LogP contribution in [0.1, 0.15) is 16.8 Å². The number of aryl methyl sites for hydroxylation is 2. The van der Waals surface area contributed by atoms with Crippen LogP contribution in [-0.4, -0.2) is 15.9 Å². The fourth-order valence-electron chi connectivity index (χ4n) is 2.19. The summed E-state index contributed by atoms with van der Waals surface area (Å²) in [4.78, 5) is 20.8. The van der Waals surface area contributed by atoms with Crippen molar-refractivity contribution in [1.29, 1.82) is 0 Å². The summed E-state index contributed by atoms with van der Waals surface area (Å²) in [6.45, 7) is 3.82. The number of rotatable bonds is 3. The third-order valence-electron chi connectivity index (χ3n) is 3.28. The maximum absolute atomic E-state index is 12.2. The highest BCUT2D eigenvalue weighted by Gasteiger charge is 2.14. The van der Waals surface area contributed by atoms with Gasteiger partial charge >= 0.3 is 0 Å². The first-order valence-electron chi connectivity index (χ1n) is 6.91. The van der Waals surface area contributed by atoms with Crippen molar-refractivity contribution in [2.75, 3.05) is 5.32 Å². The van der Waals surface area contributed by atoms with Crippen LogP contribution < -0.4 is 5.32 Å². The first-order valence-corrected chi connectivity index (χ1v) is 8.48. The van der Waals surface area contributed by atoms with Crippen molar-refractivity contribution in [3.63, 3.8) is 0 Å². The molecular weight excluding hydrogens is 353 g/mol. The predicted molar refractivity (Wildman–Crippen MR) is 95.7 cm³/mol. The molecule has 0 spiro atoms. The van der Waals surface area contributed by atoms with E-state index in [1.54, 1.807) is 13.0 Å². The van der Waals surface area contributed by atoms with Crippen molar-refractivity contribution in [3.05, 3.63) is 51.3 Å². The largest absolute Gasteiger partial charge is 0.302 e. The predicted octanol–water partition coefficient (Wildman–Crippen LogP) is 4.80. The van der Waals surface area contributed by atoms with E-state index >= 15 is 0 Å². The van der Waals surface area contributed by atoms with E-state index in [0.717, 1.165) is 15.8 Å². The topological polar surface area (TPSA) is 54.9 Å². The molecule has 118 valence electrons. The molecule has 1 N–H and O–H groups in total. The van der Waals surface area contributed by atoms with Gasteiger partial charge in [-0.3, -0.25) is 4.79 Å². The van der Waals surface area contributed by atoms with E-state index in [4.69, 9.17) is 23.2 Å². The van der Waals surface area contributed by atoms with Gasteiger partial charge in [0, 0.05) is 16.3 Å². The molecule has 1 aromatic carbocycles. The van der Waals surface area contributed by atoms with E-state index in [-0.39, 0.29) is 17.5 Å². The van der Waals surface area contributed by atoms with Crippen molar-refractivity contribution in [2.24, 2.45) is 0 Å². The average molecular weight is 366 g/mol. The van der Waals surface area contributed by atoms with Gasteiger partial charge in [0.15, 0.2) is 5.13 Å². The molecule has 0 saturated heterocycles. The molecule has 7 heteroatoms. The number of hydrogen-bond acceptors (Lipinski definition) is 4. The summed E-state index contributed by atoms with van der Waals surface area (Å²) in [5, 5.41) is 4.05. The smallest absolute Gasteiger partial charge is 0.230 e. The van der Waals surface area contributed by atoms with Gasteiger partial charge in [0.2, 0.25) is 5.91 Å². The molecule has 0 radical (unpaired) electrons. The number of aromatic nitrogens is 2. The zero-order valence-corrected chi connectivity index (χ0v) is 14.8. The Hall–Kier alpha value is -1.69. The summed E-state index contributed by atoms with van der Waals surface area (Å²) in [7, 11) is 0. The lowest BCUT2D eigenvalue weighted by Crippen LogP contribution is -2.15. The van der Waals surface area contributed by atoms with Gasteiger partial charge in [-0.2, -0.15) is 0 Å². The molecule has 1 amide bonds. The highest BCUT2D eigenvalue weighted by molar-refractivity contribution is 7.22. The maximum Gasteiger partial charge on any atom is 0.230 e. The standard InChI is InChI=1S/C16H13Cl2N3OS/c1-8-3-4-12-13(5-8)23-16(20-12)21-14(22)7-10-11(17)6-9(2)19-15(10)18/h3-6H,7H2,1-2H3,(H,20,21,22). The molecule has 0 bridgehead atoms. The molecule has 0 aliphatic rings. The number of carbonyl (C=O) groups excluding carboxylic acids is 1. The number of nitrogens with one attached hydrogen (secondary N) is 1. The Balaban J connectivity index is 1.78. The fourth-order valence-corrected chi connectivity index (χ4v) is 3.84. The minimum Gasteiger partial charge on any atom is -0.302 e. The van der Waals surface area contributed by atoms with Gasteiger partial charge < -0.3 is 5.32 Å². The van der Waals surface area contributed by atoms with E-state index in [1.165, 1.54) is 11.3 Å². The second kappa shape index (κ2) is 6.43. The SMILES string of the molecule is Cc1ccc2nc(NC(=O)Cc3c(Cl)cc(C)nc3Cl)sc2c1. The van der Waals surface area contributed by atoms with Gasteiger partial charge in [-0.1, -0.05) is 40.6 Å². The minimum atomic E-state index is -0.227. The molecule has 3 rings (SSSR count). The molecular formula is C16H13Cl2N3OS. The molecule has 4 nitrogen and oxygen atoms in total. The summed E-state index contributed by atoms with van der Waals surface area (Å²) < 4.78 is 1.04. The van der Waals surface area contributed by atoms with Gasteiger partial charge in [0.05, 0.1) is 16.6 Å². The van der Waals surface area contributed by atoms with Gasteiger partial charge in [-0.05, 0) is 37.6 Å². The van der Waals surface area contributed by atoms with E-state index < -0.39 is 0 Å². The van der Waals surface area contributed by atoms with Crippen LogP contribution >= 0.6 is 34.5 Å². The van der Waals surface area contributed by atoms with E-state index in [0.29, 0.717) is 21.4 Å². The second-order valence-electron chi connectivity index (χ2n) is 5.23. The Morgan fingerprint density at radius 1 is 1.22 bits per heavy atom. The molecule has 0 saturated carbocycles. The van der Waals surface area contributed by atoms with Gasteiger partial charge in [0.1, 0.15) is 5.15 Å². The second-order valence-corrected chi connectivity index (χ2v) is 7.03. The molecule has 0 unspecified atom stereocenters. The van der Waals surface area contributed by atoms with E-state index in [2.05, 4.69) is 15.3 Å². The maximum atomic E-state index is 12.2. The molecule has 2 aromatic heterocycles. The number of hydrogen-bond donors (Lipinski definition) is 1. The fraction of sp³-hybridized carbons (Fsp3) is 0.188. The number of amides is 1. The lowest BCUT2D eigenvalue weighted by molar-refractivity contribution is -0.115. The Morgan fingerprint density at radius 2 is 2.00 bits per heavy atom. The number of pyridine rings is 1. The van der Waals surface area contributed by atoms with Crippen LogP contribution in [0.3, 0.4) is 0 Å². The van der Waals surface area contributed by atoms with Crippen LogP contribution in [-0.2, 0) is 11.2 Å². The lowest BCUT2D eigenvalue weighted by Gasteiger charge is -2.07. The van der Waals surface area contributed by atoms with Crippen LogP contribution in [0, 0.1) is 13.8 Å². The third kappa shape index (κ3) is 3.63. The van der Waals surface area contributed by atoms with Crippen LogP contribution in [0.5, 0.6) is 0 Å². The number of benzene rings is 1. The molecule has 3 aromatic rings. The summed E-state index contributed by atoms with van der Waals surface area (Å²) in [6.07, 6.45) is 0.0555. The molecule has 23 heavy (non-hydrogen) atoms. The highest BCUT2D eigenvalue weighted by Crippen LogP contribution is 2.28. The summed E-state index contributed by atoms with van der Waals surface area (Å²) in [5.74, 6) is -0.227. The molecule has 0 fully saturated rings. The van der Waals surface area contributed by atoms with Crippen LogP contribution in [0.4, 0.5) is 5.13 Å². The summed E-state index contributed by atoms with van der Waals surface area (Å²) >= 11 is 13.7. The quantitative estimate of drug-likeness (QED) is 0.678. The zero-order valence-electron chi connectivity index (χ0n) is 12.5. The number of halogens is 2. The van der Waals surface area contributed by atoms with Crippen molar-refractivity contribution in [1.82, 2.24) is 9.97 Å². The molecule has 2 heterocycles. The molecule has 0 aliphatic carbocycles. The van der Waals surface area contributed by atoms with E-state index in [9.17, 15) is 4.79 Å². The number of anilines is 1. The Morgan fingerprint density at radius 3 is 2.74 bits per heavy atom. The van der Waals surface area contributed by atoms with Crippen molar-refractivity contribution in [3.8, 4) is 0 Å². The first kappa shape index (κ1) is 16.2. The number of carbonyl (C=O) groups is 1. The average Bonchev–Trinajstić information content (AvgIpc) is 2.84. The number of nitrogens with zero attached hydrogens (tertiary/aromatic N) is 2. The van der Waals surface area contributed by atoms with Gasteiger partial charge in [0.25, 0.3) is 0 Å². The van der Waals surface area contributed by atoms with Gasteiger partial charge in [-0.25, -0.2) is 9.97 Å². The van der Waals surface area contributed by atoms with Gasteiger partial charge in [-0.15, -0.1) is 0 Å². The minimum absolute atomic E-state index is 0.0555. The lowest BCUT2D eigenvalue weighted by atomic mass is 10.2. The molecule has 0 aliphatic heterocycles. The first-order chi connectivity index (χ1) is 10.9. The highest BCUT2D eigenvalue weighted by atomic mass is 35.5. The van der Waals surface area contributed by atoms with Crippen molar-refractivity contribution >= 4 is 55.8 Å². The van der Waals surface area contributed by atoms with Crippen molar-refractivity contribution in [2.45, 2.75) is 20.3 Å². The normalized spacial score (nSPS) is 11.0. The third-order valence-corrected chi connectivity index (χ3v) is 4.86. The monoisotopic (exact) mass is 365 g/mol. The Bertz CT molecular complexity index is 884. The summed E-state index contributed by atoms with van der Waals surface area (Å²) in [5.41, 5.74) is 3.26. The summed E-state index contributed by atoms with van der Waals surface area (Å²) in [6, 6.07) is 7.66. The van der Waals surface area contributed by atoms with Crippen LogP contribution in [0.15, 0.2) is 24.3 Å². The van der Waals surface area contributed by atoms with Crippen LogP contribution in [0.25, 0.3) is 10.2 Å². The van der Waals surface area contributed by atoms with Crippen LogP contribution in [0.2, 0.25) is 10.2 Å². The Labute approximate surface area is 147 Å². The Kier molecular flexibility index (Phi) is 4.53. The zero-order chi connectivity index (χ0) is 16.6. The van der Waals surface area contributed by atoms with Crippen molar-refractivity contribution < 1.29 is 4.79 Å². The number of fused-ring (bicyclic) bond motifs is 1. The van der Waals surface area contributed by atoms with E-state index in [1.807, 2.05) is 25.1 Å². The number of thiazole rings is 1. The molecule has 0 atom stereocenters.